The van der Waals surface area contributed by atoms with Gasteiger partial charge < -0.3 is 0 Å². The van der Waals surface area contributed by atoms with Gasteiger partial charge in [0.25, 0.3) is 0 Å². The van der Waals surface area contributed by atoms with E-state index in [4.69, 9.17) is 0 Å². The van der Waals surface area contributed by atoms with Crippen LogP contribution >= 0.6 is 0 Å². The number of nitrogens with zero attached hydrogens (tertiary/aromatic N) is 2. The van der Waals surface area contributed by atoms with E-state index >= 15 is 0 Å². The van der Waals surface area contributed by atoms with E-state index in [2.05, 4.69) is 9.82 Å². The van der Waals surface area contributed by atoms with Crippen LogP contribution < -0.4 is 4.72 Å². The van der Waals surface area contributed by atoms with Gasteiger partial charge in [-0.3, -0.25) is 4.68 Å². The molecule has 2 rings (SSSR count). The molecule has 0 aliphatic rings. The first kappa shape index (κ1) is 13.7. The van der Waals surface area contributed by atoms with Crippen molar-refractivity contribution in [2.24, 2.45) is 0 Å². The van der Waals surface area contributed by atoms with Gasteiger partial charge in [0.2, 0.25) is 10.0 Å². The maximum Gasteiger partial charge on any atom is 0.240 e. The highest BCUT2D eigenvalue weighted by Gasteiger charge is 2.18. The Morgan fingerprint density at radius 3 is 2.84 bits per heavy atom. The maximum atomic E-state index is 13.0. The van der Waals surface area contributed by atoms with Crippen LogP contribution in [-0.4, -0.2) is 24.2 Å². The van der Waals surface area contributed by atoms with E-state index in [1.54, 1.807) is 30.1 Å². The van der Waals surface area contributed by atoms with Crippen molar-refractivity contribution in [2.45, 2.75) is 24.4 Å². The van der Waals surface area contributed by atoms with E-state index in [0.717, 1.165) is 6.07 Å². The van der Waals surface area contributed by atoms with Gasteiger partial charge in [-0.1, -0.05) is 6.07 Å². The molecule has 0 unspecified atom stereocenters. The standard InChI is InChI=1S/C12H14FN3O2S/c1-10(9-16-7-3-6-14-16)15-19(17,18)12-5-2-4-11(13)8-12/h2-8,10,15H,9H2,1H3/t10-/m1/s1. The highest BCUT2D eigenvalue weighted by molar-refractivity contribution is 7.89. The molecule has 0 saturated carbocycles. The SMILES string of the molecule is C[C@H](Cn1cccn1)NS(=O)(=O)c1cccc(F)c1. The lowest BCUT2D eigenvalue weighted by atomic mass is 10.3. The molecular formula is C12H14FN3O2S. The van der Waals surface area contributed by atoms with Gasteiger partial charge in [0, 0.05) is 18.4 Å². The van der Waals surface area contributed by atoms with Gasteiger partial charge in [-0.25, -0.2) is 17.5 Å². The minimum Gasteiger partial charge on any atom is -0.271 e. The number of hydrogen-bond donors (Lipinski definition) is 1. The van der Waals surface area contributed by atoms with E-state index in [1.165, 1.54) is 18.2 Å². The Kier molecular flexibility index (Phi) is 3.96. The van der Waals surface area contributed by atoms with E-state index < -0.39 is 15.8 Å². The second-order valence-corrected chi connectivity index (χ2v) is 5.92. The smallest absolute Gasteiger partial charge is 0.240 e. The van der Waals surface area contributed by atoms with Crippen molar-refractivity contribution < 1.29 is 12.8 Å². The lowest BCUT2D eigenvalue weighted by Gasteiger charge is -2.14. The molecule has 0 saturated heterocycles. The topological polar surface area (TPSA) is 64.0 Å². The van der Waals surface area contributed by atoms with Crippen LogP contribution in [0.5, 0.6) is 0 Å². The lowest BCUT2D eigenvalue weighted by molar-refractivity contribution is 0.493. The van der Waals surface area contributed by atoms with Crippen molar-refractivity contribution in [2.75, 3.05) is 0 Å². The molecule has 0 radical (unpaired) electrons. The Hall–Kier alpha value is -1.73. The molecule has 102 valence electrons. The molecule has 0 amide bonds. The molecule has 0 aliphatic heterocycles. The second-order valence-electron chi connectivity index (χ2n) is 4.21. The van der Waals surface area contributed by atoms with Crippen molar-refractivity contribution in [1.29, 1.82) is 0 Å². The fourth-order valence-corrected chi connectivity index (χ4v) is 2.96. The monoisotopic (exact) mass is 283 g/mol. The Morgan fingerprint density at radius 2 is 2.21 bits per heavy atom. The first-order chi connectivity index (χ1) is 8.97. The summed E-state index contributed by atoms with van der Waals surface area (Å²) in [5.74, 6) is -0.581. The maximum absolute atomic E-state index is 13.0. The Bertz CT molecular complexity index is 641. The van der Waals surface area contributed by atoms with Crippen molar-refractivity contribution >= 4 is 10.0 Å². The second kappa shape index (κ2) is 5.50. The highest BCUT2D eigenvalue weighted by atomic mass is 32.2. The molecule has 1 aromatic carbocycles. The average molecular weight is 283 g/mol. The van der Waals surface area contributed by atoms with Crippen LogP contribution in [0, 0.1) is 5.82 Å². The molecule has 1 aromatic heterocycles. The summed E-state index contributed by atoms with van der Waals surface area (Å²) in [6.07, 6.45) is 3.36. The third-order valence-corrected chi connectivity index (χ3v) is 4.07. The number of sulfonamides is 1. The number of aromatic nitrogens is 2. The van der Waals surface area contributed by atoms with Crippen LogP contribution in [0.2, 0.25) is 0 Å². The van der Waals surface area contributed by atoms with Crippen LogP contribution in [0.3, 0.4) is 0 Å². The zero-order valence-corrected chi connectivity index (χ0v) is 11.1. The van der Waals surface area contributed by atoms with Crippen molar-refractivity contribution in [1.82, 2.24) is 14.5 Å². The summed E-state index contributed by atoms with van der Waals surface area (Å²) in [6.45, 7) is 2.13. The van der Waals surface area contributed by atoms with Crippen LogP contribution in [0.4, 0.5) is 4.39 Å². The predicted octanol–water partition coefficient (Wildman–Crippen LogP) is 1.39. The highest BCUT2D eigenvalue weighted by Crippen LogP contribution is 2.11. The molecule has 2 aromatic rings. The van der Waals surface area contributed by atoms with Gasteiger partial charge in [-0.05, 0) is 31.2 Å². The largest absolute Gasteiger partial charge is 0.271 e. The van der Waals surface area contributed by atoms with Gasteiger partial charge in [0.15, 0.2) is 0 Å². The third-order valence-electron chi connectivity index (χ3n) is 2.48. The summed E-state index contributed by atoms with van der Waals surface area (Å²) < 4.78 is 41.2. The molecule has 1 atom stereocenters. The van der Waals surface area contributed by atoms with E-state index in [1.807, 2.05) is 0 Å². The minimum absolute atomic E-state index is 0.0835. The molecule has 7 heteroatoms. The Morgan fingerprint density at radius 1 is 1.42 bits per heavy atom. The van der Waals surface area contributed by atoms with Gasteiger partial charge in [-0.15, -0.1) is 0 Å². The average Bonchev–Trinajstić information content (AvgIpc) is 2.81. The van der Waals surface area contributed by atoms with Gasteiger partial charge >= 0.3 is 0 Å². The number of nitrogens with one attached hydrogen (secondary N) is 1. The van der Waals surface area contributed by atoms with Gasteiger partial charge in [-0.2, -0.15) is 5.10 Å². The molecule has 19 heavy (non-hydrogen) atoms. The van der Waals surface area contributed by atoms with Gasteiger partial charge in [0.1, 0.15) is 5.82 Å². The molecular weight excluding hydrogens is 269 g/mol. The number of halogens is 1. The molecule has 0 bridgehead atoms. The summed E-state index contributed by atoms with van der Waals surface area (Å²) in [7, 11) is -3.72. The third kappa shape index (κ3) is 3.62. The van der Waals surface area contributed by atoms with E-state index in [9.17, 15) is 12.8 Å². The van der Waals surface area contributed by atoms with E-state index in [-0.39, 0.29) is 10.9 Å². The zero-order chi connectivity index (χ0) is 13.9. The first-order valence-corrected chi connectivity index (χ1v) is 7.21. The summed E-state index contributed by atoms with van der Waals surface area (Å²) in [5, 5.41) is 3.99. The molecule has 0 aliphatic carbocycles. The summed E-state index contributed by atoms with van der Waals surface area (Å²) >= 11 is 0. The summed E-state index contributed by atoms with van der Waals surface area (Å²) in [6, 6.07) is 6.31. The number of rotatable bonds is 5. The van der Waals surface area contributed by atoms with Gasteiger partial charge in [0.05, 0.1) is 11.4 Å². The van der Waals surface area contributed by atoms with Crippen molar-refractivity contribution in [3.8, 4) is 0 Å². The van der Waals surface area contributed by atoms with Crippen LogP contribution in [0.15, 0.2) is 47.6 Å². The quantitative estimate of drug-likeness (QED) is 0.902. The summed E-state index contributed by atoms with van der Waals surface area (Å²) in [4.78, 5) is -0.0835. The Labute approximate surface area is 111 Å². The first-order valence-electron chi connectivity index (χ1n) is 5.73. The molecule has 5 nitrogen and oxygen atoms in total. The lowest BCUT2D eigenvalue weighted by Crippen LogP contribution is -2.35. The zero-order valence-electron chi connectivity index (χ0n) is 10.3. The van der Waals surface area contributed by atoms with Crippen molar-refractivity contribution in [3.05, 3.63) is 48.5 Å². The summed E-state index contributed by atoms with van der Waals surface area (Å²) in [5.41, 5.74) is 0. The van der Waals surface area contributed by atoms with Crippen molar-refractivity contribution in [3.63, 3.8) is 0 Å². The fourth-order valence-electron chi connectivity index (χ4n) is 1.69. The number of benzene rings is 1. The number of hydrogen-bond acceptors (Lipinski definition) is 3. The Balaban J connectivity index is 2.09. The van der Waals surface area contributed by atoms with Crippen LogP contribution in [-0.2, 0) is 16.6 Å². The minimum atomic E-state index is -3.72. The molecule has 0 spiro atoms. The fraction of sp³-hybridized carbons (Fsp3) is 0.250. The molecule has 1 heterocycles. The molecule has 1 N–H and O–H groups in total. The predicted molar refractivity (Wildman–Crippen MR) is 68.4 cm³/mol. The van der Waals surface area contributed by atoms with E-state index in [0.29, 0.717) is 6.54 Å². The van der Waals surface area contributed by atoms with Crippen LogP contribution in [0.25, 0.3) is 0 Å². The molecule has 0 fully saturated rings. The normalized spacial score (nSPS) is 13.4. The van der Waals surface area contributed by atoms with Crippen LogP contribution in [0.1, 0.15) is 6.92 Å².